The van der Waals surface area contributed by atoms with Crippen LogP contribution in [0.3, 0.4) is 0 Å². The molecule has 5 unspecified atom stereocenters. The summed E-state index contributed by atoms with van der Waals surface area (Å²) in [6.45, 7) is 6.74. The number of fused-ring (bicyclic) bond motifs is 2. The van der Waals surface area contributed by atoms with E-state index in [1.54, 1.807) is 0 Å². The van der Waals surface area contributed by atoms with Gasteiger partial charge in [0.05, 0.1) is 6.10 Å². The summed E-state index contributed by atoms with van der Waals surface area (Å²) >= 11 is 0. The Hall–Kier alpha value is -1.02. The third-order valence-electron chi connectivity index (χ3n) is 6.12. The Morgan fingerprint density at radius 3 is 2.46 bits per heavy atom. The molecule has 0 radical (unpaired) electrons. The van der Waals surface area contributed by atoms with Crippen LogP contribution in [-0.2, 0) is 4.74 Å². The van der Waals surface area contributed by atoms with E-state index in [1.807, 2.05) is 0 Å². The second-order valence-electron chi connectivity index (χ2n) is 7.92. The molecule has 3 rings (SSSR count). The molecule has 1 aromatic carbocycles. The molecule has 2 aliphatic carbocycles. The van der Waals surface area contributed by atoms with E-state index in [0.717, 1.165) is 30.4 Å². The van der Waals surface area contributed by atoms with Crippen molar-refractivity contribution < 1.29 is 9.47 Å². The minimum absolute atomic E-state index is 0.0799. The molecule has 2 fully saturated rings. The number of rotatable bonds is 9. The molecule has 5 atom stereocenters. The molecule has 2 heteroatoms. The van der Waals surface area contributed by atoms with Crippen molar-refractivity contribution in [2.45, 2.75) is 90.4 Å². The van der Waals surface area contributed by atoms with Crippen molar-refractivity contribution in [1.29, 1.82) is 0 Å². The second-order valence-corrected chi connectivity index (χ2v) is 7.92. The zero-order chi connectivity index (χ0) is 16.9. The summed E-state index contributed by atoms with van der Waals surface area (Å²) in [6, 6.07) is 8.64. The summed E-state index contributed by atoms with van der Waals surface area (Å²) in [5.74, 6) is 3.27. The third-order valence-corrected chi connectivity index (χ3v) is 6.12. The maximum atomic E-state index is 6.43. The molecule has 0 heterocycles. The van der Waals surface area contributed by atoms with Crippen LogP contribution in [0.25, 0.3) is 0 Å². The van der Waals surface area contributed by atoms with Crippen molar-refractivity contribution >= 4 is 0 Å². The lowest BCUT2D eigenvalue weighted by Crippen LogP contribution is -2.30. The van der Waals surface area contributed by atoms with Crippen LogP contribution in [0.2, 0.25) is 0 Å². The van der Waals surface area contributed by atoms with Gasteiger partial charge in [0.15, 0.2) is 6.29 Å². The topological polar surface area (TPSA) is 18.5 Å². The van der Waals surface area contributed by atoms with Crippen LogP contribution in [0.5, 0.6) is 5.75 Å². The lowest BCUT2D eigenvalue weighted by atomic mass is 9.98. The normalized spacial score (nSPS) is 28.0. The van der Waals surface area contributed by atoms with Crippen LogP contribution in [0, 0.1) is 11.8 Å². The summed E-state index contributed by atoms with van der Waals surface area (Å²) < 4.78 is 12.7. The van der Waals surface area contributed by atoms with E-state index in [4.69, 9.17) is 9.47 Å². The first-order chi connectivity index (χ1) is 11.7. The smallest absolute Gasteiger partial charge is 0.200 e. The number of ether oxygens (including phenoxy) is 2. The highest BCUT2D eigenvalue weighted by molar-refractivity contribution is 5.29. The van der Waals surface area contributed by atoms with Crippen molar-refractivity contribution in [3.8, 4) is 5.75 Å². The molecule has 0 aliphatic heterocycles. The van der Waals surface area contributed by atoms with Crippen LogP contribution >= 0.6 is 0 Å². The predicted octanol–water partition coefficient (Wildman–Crippen LogP) is 6.30. The lowest BCUT2D eigenvalue weighted by molar-refractivity contribution is -0.137. The molecule has 2 saturated carbocycles. The van der Waals surface area contributed by atoms with Crippen LogP contribution in [-0.4, -0.2) is 12.4 Å². The van der Waals surface area contributed by atoms with Crippen LogP contribution in [0.1, 0.15) is 83.6 Å². The van der Waals surface area contributed by atoms with E-state index >= 15 is 0 Å². The minimum atomic E-state index is -0.0799. The van der Waals surface area contributed by atoms with Gasteiger partial charge in [0, 0.05) is 6.42 Å². The standard InChI is InChI=1S/C22H34O2/c1-4-6-7-22(24-21-15-17-8-9-19(21)14-17)23-20-12-10-18(11-13-20)16(3)5-2/h10-13,16-17,19,21-22H,4-9,14-15H2,1-3H3. The highest BCUT2D eigenvalue weighted by atomic mass is 16.7. The minimum Gasteiger partial charge on any atom is -0.465 e. The van der Waals surface area contributed by atoms with Crippen LogP contribution in [0.15, 0.2) is 24.3 Å². The highest BCUT2D eigenvalue weighted by Crippen LogP contribution is 2.46. The molecule has 0 N–H and O–H groups in total. The Bertz CT molecular complexity index is 495. The fourth-order valence-electron chi connectivity index (χ4n) is 4.34. The molecule has 1 aromatic rings. The molecule has 134 valence electrons. The zero-order valence-corrected chi connectivity index (χ0v) is 15.7. The van der Waals surface area contributed by atoms with Gasteiger partial charge >= 0.3 is 0 Å². The molecule has 2 bridgehead atoms. The van der Waals surface area contributed by atoms with E-state index in [-0.39, 0.29) is 6.29 Å². The van der Waals surface area contributed by atoms with Gasteiger partial charge in [-0.3, -0.25) is 0 Å². The van der Waals surface area contributed by atoms with Gasteiger partial charge in [-0.25, -0.2) is 0 Å². The Kier molecular flexibility index (Phi) is 6.21. The molecule has 0 aromatic heterocycles. The third kappa shape index (κ3) is 4.33. The highest BCUT2D eigenvalue weighted by Gasteiger charge is 2.41. The monoisotopic (exact) mass is 330 g/mol. The van der Waals surface area contributed by atoms with E-state index in [9.17, 15) is 0 Å². The van der Waals surface area contributed by atoms with Gasteiger partial charge in [-0.2, -0.15) is 0 Å². The molecule has 0 saturated heterocycles. The SMILES string of the molecule is CCCCC(Oc1ccc(C(C)CC)cc1)OC1CC2CCC1C2. The molecule has 0 spiro atoms. The number of benzene rings is 1. The van der Waals surface area contributed by atoms with Gasteiger partial charge in [0.25, 0.3) is 0 Å². The number of unbranched alkanes of at least 4 members (excludes halogenated alkanes) is 1. The van der Waals surface area contributed by atoms with Crippen molar-refractivity contribution in [2.24, 2.45) is 11.8 Å². The zero-order valence-electron chi connectivity index (χ0n) is 15.7. The molecule has 0 amide bonds. The average Bonchev–Trinajstić information content (AvgIpc) is 3.22. The second kappa shape index (κ2) is 8.38. The first kappa shape index (κ1) is 17.8. The molecule has 2 aliphatic rings. The van der Waals surface area contributed by atoms with Crippen molar-refractivity contribution in [1.82, 2.24) is 0 Å². The quantitative estimate of drug-likeness (QED) is 0.495. The Morgan fingerprint density at radius 1 is 1.08 bits per heavy atom. The maximum Gasteiger partial charge on any atom is 0.200 e. The van der Waals surface area contributed by atoms with E-state index in [0.29, 0.717) is 12.0 Å². The van der Waals surface area contributed by atoms with E-state index in [2.05, 4.69) is 45.0 Å². The van der Waals surface area contributed by atoms with E-state index < -0.39 is 0 Å². The molecular formula is C22H34O2. The summed E-state index contributed by atoms with van der Waals surface area (Å²) in [5.41, 5.74) is 1.39. The maximum absolute atomic E-state index is 6.43. The van der Waals surface area contributed by atoms with E-state index in [1.165, 1.54) is 44.1 Å². The lowest BCUT2D eigenvalue weighted by Gasteiger charge is -2.28. The molecule has 24 heavy (non-hydrogen) atoms. The van der Waals surface area contributed by atoms with Crippen LogP contribution < -0.4 is 4.74 Å². The van der Waals surface area contributed by atoms with Gasteiger partial charge in [-0.1, -0.05) is 39.3 Å². The summed E-state index contributed by atoms with van der Waals surface area (Å²) in [7, 11) is 0. The van der Waals surface area contributed by atoms with Gasteiger partial charge in [0.1, 0.15) is 5.75 Å². The molecule has 2 nitrogen and oxygen atoms in total. The average molecular weight is 331 g/mol. The first-order valence-electron chi connectivity index (χ1n) is 10.1. The summed E-state index contributed by atoms with van der Waals surface area (Å²) in [5, 5.41) is 0. The Balaban J connectivity index is 1.59. The number of hydrogen-bond donors (Lipinski definition) is 0. The number of hydrogen-bond acceptors (Lipinski definition) is 2. The summed E-state index contributed by atoms with van der Waals surface area (Å²) in [6.07, 6.45) is 10.3. The molecular weight excluding hydrogens is 296 g/mol. The Labute approximate surface area is 147 Å². The van der Waals surface area contributed by atoms with Crippen molar-refractivity contribution in [3.05, 3.63) is 29.8 Å². The largest absolute Gasteiger partial charge is 0.465 e. The van der Waals surface area contributed by atoms with Gasteiger partial charge < -0.3 is 9.47 Å². The fraction of sp³-hybridized carbons (Fsp3) is 0.727. The van der Waals surface area contributed by atoms with Crippen molar-refractivity contribution in [2.75, 3.05) is 0 Å². The summed E-state index contributed by atoms with van der Waals surface area (Å²) in [4.78, 5) is 0. The van der Waals surface area contributed by atoms with Gasteiger partial charge in [0.2, 0.25) is 0 Å². The Morgan fingerprint density at radius 2 is 1.88 bits per heavy atom. The predicted molar refractivity (Wildman–Crippen MR) is 99.4 cm³/mol. The van der Waals surface area contributed by atoms with Gasteiger partial charge in [-0.05, 0) is 74.0 Å². The fourth-order valence-corrected chi connectivity index (χ4v) is 4.34. The van der Waals surface area contributed by atoms with Gasteiger partial charge in [-0.15, -0.1) is 0 Å². The van der Waals surface area contributed by atoms with Crippen molar-refractivity contribution in [3.63, 3.8) is 0 Å². The first-order valence-corrected chi connectivity index (χ1v) is 10.1. The van der Waals surface area contributed by atoms with Crippen LogP contribution in [0.4, 0.5) is 0 Å².